The van der Waals surface area contributed by atoms with Gasteiger partial charge in [-0.25, -0.2) is 4.68 Å². The highest BCUT2D eigenvalue weighted by molar-refractivity contribution is 9.10. The minimum atomic E-state index is 0.120. The van der Waals surface area contributed by atoms with E-state index in [4.69, 9.17) is 0 Å². The summed E-state index contributed by atoms with van der Waals surface area (Å²) in [5, 5.41) is 15.7. The lowest BCUT2D eigenvalue weighted by molar-refractivity contribution is 0.423. The van der Waals surface area contributed by atoms with Crippen LogP contribution in [0.2, 0.25) is 0 Å². The van der Waals surface area contributed by atoms with Gasteiger partial charge in [-0.1, -0.05) is 71.3 Å². The first kappa shape index (κ1) is 16.3. The molecule has 2 heterocycles. The van der Waals surface area contributed by atoms with Crippen LogP contribution < -0.4 is 5.32 Å². The molecule has 2 atom stereocenters. The van der Waals surface area contributed by atoms with E-state index in [0.717, 1.165) is 16.8 Å². The number of fused-ring (bicyclic) bond motifs is 1. The zero-order chi connectivity index (χ0) is 17.4. The largest absolute Gasteiger partial charge is 0.346 e. The topological polar surface area (TPSA) is 55.6 Å². The maximum absolute atomic E-state index is 4.18. The van der Waals surface area contributed by atoms with Crippen molar-refractivity contribution in [3.05, 3.63) is 69.7 Å². The molecule has 6 heteroatoms. The molecule has 1 aliphatic rings. The van der Waals surface area contributed by atoms with Crippen LogP contribution in [0.4, 0.5) is 5.95 Å². The Morgan fingerprint density at radius 3 is 2.40 bits per heavy atom. The summed E-state index contributed by atoms with van der Waals surface area (Å²) < 4.78 is 2.95. The predicted molar refractivity (Wildman–Crippen MR) is 102 cm³/mol. The molecule has 4 rings (SSSR count). The Balaban J connectivity index is 1.67. The minimum absolute atomic E-state index is 0.120. The normalized spacial score (nSPS) is 19.5. The maximum atomic E-state index is 4.18. The van der Waals surface area contributed by atoms with Gasteiger partial charge < -0.3 is 5.32 Å². The van der Waals surface area contributed by atoms with E-state index >= 15 is 0 Å². The quantitative estimate of drug-likeness (QED) is 0.695. The van der Waals surface area contributed by atoms with Gasteiger partial charge in [0.2, 0.25) is 5.95 Å². The number of rotatable bonds is 3. The third-order valence-corrected chi connectivity index (χ3v) is 5.34. The summed E-state index contributed by atoms with van der Waals surface area (Å²) in [4.78, 5) is 0. The minimum Gasteiger partial charge on any atom is -0.346 e. The summed E-state index contributed by atoms with van der Waals surface area (Å²) in [6.45, 7) is 4.43. The fraction of sp³-hybridized carbons (Fsp3) is 0.316. The molecule has 1 aromatic heterocycles. The Morgan fingerprint density at radius 2 is 1.72 bits per heavy atom. The second kappa shape index (κ2) is 6.59. The van der Waals surface area contributed by atoms with Crippen LogP contribution in [0.5, 0.6) is 0 Å². The summed E-state index contributed by atoms with van der Waals surface area (Å²) in [5.41, 5.74) is 3.83. The second-order valence-corrected chi connectivity index (χ2v) is 7.68. The van der Waals surface area contributed by atoms with E-state index in [1.54, 1.807) is 0 Å². The summed E-state index contributed by atoms with van der Waals surface area (Å²) in [5.74, 6) is 1.26. The molecule has 0 saturated carbocycles. The Hall–Kier alpha value is -2.21. The highest BCUT2D eigenvalue weighted by atomic mass is 79.9. The van der Waals surface area contributed by atoms with Gasteiger partial charge in [0.1, 0.15) is 0 Å². The molecular weight excluding hydrogens is 378 g/mol. The fourth-order valence-electron chi connectivity index (χ4n) is 3.33. The van der Waals surface area contributed by atoms with Crippen LogP contribution in [-0.2, 0) is 0 Å². The van der Waals surface area contributed by atoms with Gasteiger partial charge in [-0.05, 0) is 51.6 Å². The van der Waals surface area contributed by atoms with Crippen molar-refractivity contribution in [2.24, 2.45) is 0 Å². The van der Waals surface area contributed by atoms with E-state index in [1.165, 1.54) is 16.7 Å². The standard InChI is InChI=1S/C19H20BrN5/c1-12(2)13-3-5-14(6-4-13)17-11-18(15-7-9-16(20)10-8-15)25-19(21-17)22-23-24-25/h3-10,12,17-18H,11H2,1-2H3,(H,21,22,24)/t17-,18-/m1/s1. The monoisotopic (exact) mass is 397 g/mol. The van der Waals surface area contributed by atoms with Crippen molar-refractivity contribution >= 4 is 21.9 Å². The molecule has 0 aliphatic carbocycles. The molecule has 0 fully saturated rings. The van der Waals surface area contributed by atoms with Crippen LogP contribution in [0, 0.1) is 0 Å². The average molecular weight is 398 g/mol. The van der Waals surface area contributed by atoms with Crippen molar-refractivity contribution in [3.63, 3.8) is 0 Å². The Bertz CT molecular complexity index is 854. The van der Waals surface area contributed by atoms with Gasteiger partial charge in [-0.3, -0.25) is 0 Å². The van der Waals surface area contributed by atoms with E-state index in [1.807, 2.05) is 4.68 Å². The summed E-state index contributed by atoms with van der Waals surface area (Å²) in [6.07, 6.45) is 0.903. The zero-order valence-electron chi connectivity index (χ0n) is 14.2. The first-order valence-electron chi connectivity index (χ1n) is 8.51. The molecule has 1 aliphatic heterocycles. The van der Waals surface area contributed by atoms with E-state index in [-0.39, 0.29) is 12.1 Å². The highest BCUT2D eigenvalue weighted by Crippen LogP contribution is 2.37. The smallest absolute Gasteiger partial charge is 0.243 e. The van der Waals surface area contributed by atoms with Crippen LogP contribution in [0.1, 0.15) is 55.0 Å². The first-order chi connectivity index (χ1) is 12.1. The molecule has 0 unspecified atom stereocenters. The molecule has 128 valence electrons. The van der Waals surface area contributed by atoms with Crippen LogP contribution in [0.15, 0.2) is 53.0 Å². The number of benzene rings is 2. The molecule has 0 spiro atoms. The van der Waals surface area contributed by atoms with Gasteiger partial charge in [-0.15, -0.1) is 0 Å². The highest BCUT2D eigenvalue weighted by Gasteiger charge is 2.30. The van der Waals surface area contributed by atoms with Crippen molar-refractivity contribution in [1.82, 2.24) is 20.2 Å². The van der Waals surface area contributed by atoms with Gasteiger partial charge in [-0.2, -0.15) is 0 Å². The average Bonchev–Trinajstić information content (AvgIpc) is 3.10. The van der Waals surface area contributed by atoms with Gasteiger partial charge >= 0.3 is 0 Å². The third kappa shape index (κ3) is 3.18. The molecule has 2 aromatic carbocycles. The van der Waals surface area contributed by atoms with Gasteiger partial charge in [0.05, 0.1) is 12.1 Å². The lowest BCUT2D eigenvalue weighted by Gasteiger charge is -2.31. The lowest BCUT2D eigenvalue weighted by Crippen LogP contribution is -2.28. The second-order valence-electron chi connectivity index (χ2n) is 6.77. The zero-order valence-corrected chi connectivity index (χ0v) is 15.8. The van der Waals surface area contributed by atoms with Crippen molar-refractivity contribution < 1.29 is 0 Å². The SMILES string of the molecule is CC(C)c1ccc([C@H]2C[C@H](c3ccc(Br)cc3)n3nnnc3N2)cc1. The van der Waals surface area contributed by atoms with Crippen molar-refractivity contribution in [1.29, 1.82) is 0 Å². The molecule has 0 amide bonds. The van der Waals surface area contributed by atoms with Crippen LogP contribution in [-0.4, -0.2) is 20.2 Å². The van der Waals surface area contributed by atoms with Gasteiger partial charge in [0.15, 0.2) is 0 Å². The Labute approximate surface area is 155 Å². The summed E-state index contributed by atoms with van der Waals surface area (Å²) in [7, 11) is 0. The van der Waals surface area contributed by atoms with Crippen molar-refractivity contribution in [2.75, 3.05) is 5.32 Å². The number of tetrazole rings is 1. The number of hydrogen-bond donors (Lipinski definition) is 1. The third-order valence-electron chi connectivity index (χ3n) is 4.81. The number of nitrogens with one attached hydrogen (secondary N) is 1. The molecule has 3 aromatic rings. The molecule has 0 saturated heterocycles. The van der Waals surface area contributed by atoms with E-state index in [9.17, 15) is 0 Å². The number of anilines is 1. The van der Waals surface area contributed by atoms with E-state index in [0.29, 0.717) is 5.92 Å². The van der Waals surface area contributed by atoms with Crippen LogP contribution in [0.25, 0.3) is 0 Å². The number of hydrogen-bond acceptors (Lipinski definition) is 4. The molecule has 1 N–H and O–H groups in total. The molecule has 0 radical (unpaired) electrons. The maximum Gasteiger partial charge on any atom is 0.243 e. The number of nitrogens with zero attached hydrogens (tertiary/aromatic N) is 4. The molecule has 25 heavy (non-hydrogen) atoms. The Morgan fingerprint density at radius 1 is 1.04 bits per heavy atom. The molecule has 5 nitrogen and oxygen atoms in total. The number of halogens is 1. The van der Waals surface area contributed by atoms with E-state index < -0.39 is 0 Å². The molecule has 0 bridgehead atoms. The number of aromatic nitrogens is 4. The fourth-order valence-corrected chi connectivity index (χ4v) is 3.60. The summed E-state index contributed by atoms with van der Waals surface area (Å²) >= 11 is 3.50. The van der Waals surface area contributed by atoms with Crippen molar-refractivity contribution in [2.45, 2.75) is 38.3 Å². The van der Waals surface area contributed by atoms with Crippen LogP contribution in [0.3, 0.4) is 0 Å². The predicted octanol–water partition coefficient (Wildman–Crippen LogP) is 4.71. The lowest BCUT2D eigenvalue weighted by atomic mass is 9.92. The van der Waals surface area contributed by atoms with Gasteiger partial charge in [0.25, 0.3) is 0 Å². The molecular formula is C19H20BrN5. The van der Waals surface area contributed by atoms with Crippen molar-refractivity contribution in [3.8, 4) is 0 Å². The Kier molecular flexibility index (Phi) is 4.29. The van der Waals surface area contributed by atoms with Crippen LogP contribution >= 0.6 is 15.9 Å². The van der Waals surface area contributed by atoms with E-state index in [2.05, 4.69) is 99.2 Å². The first-order valence-corrected chi connectivity index (χ1v) is 9.31. The van der Waals surface area contributed by atoms with Gasteiger partial charge in [0, 0.05) is 4.47 Å². The summed E-state index contributed by atoms with van der Waals surface area (Å²) in [6, 6.07) is 17.6.